The Labute approximate surface area is 122 Å². The number of nitrogens with two attached hydrogens (primary N) is 1. The van der Waals surface area contributed by atoms with Crippen LogP contribution in [0.15, 0.2) is 12.1 Å². The maximum Gasteiger partial charge on any atom is 0.241 e. The van der Waals surface area contributed by atoms with E-state index in [1.807, 2.05) is 20.8 Å². The number of rotatable bonds is 2. The normalized spacial score (nSPS) is 15.6. The van der Waals surface area contributed by atoms with E-state index in [9.17, 15) is 9.59 Å². The summed E-state index contributed by atoms with van der Waals surface area (Å²) in [6.45, 7) is 5.68. The summed E-state index contributed by atoms with van der Waals surface area (Å²) in [7, 11) is 0. The molecule has 5 nitrogen and oxygen atoms in total. The van der Waals surface area contributed by atoms with Crippen LogP contribution in [0.4, 0.5) is 11.4 Å². The number of nitrogens with one attached hydrogen (secondary N) is 2. The Morgan fingerprint density at radius 2 is 2.10 bits per heavy atom. The van der Waals surface area contributed by atoms with Gasteiger partial charge in [-0.2, -0.15) is 0 Å². The Kier molecular flexibility index (Phi) is 3.75. The molecular formula is C14H18ClN3O2. The summed E-state index contributed by atoms with van der Waals surface area (Å²) in [6.07, 6.45) is 0.292. The first kappa shape index (κ1) is 14.8. The molecule has 1 heterocycles. The highest BCUT2D eigenvalue weighted by Crippen LogP contribution is 2.33. The molecule has 0 bridgehead atoms. The predicted molar refractivity (Wildman–Crippen MR) is 79.8 cm³/mol. The molecule has 20 heavy (non-hydrogen) atoms. The minimum atomic E-state index is -0.647. The SMILES string of the molecule is CC(C)(C)C(N)C(=O)Nc1cc2c(cc1Cl)NC(=O)C2. The number of benzene rings is 1. The van der Waals surface area contributed by atoms with Gasteiger partial charge in [0, 0.05) is 5.69 Å². The number of anilines is 2. The number of carbonyl (C=O) groups is 2. The average molecular weight is 296 g/mol. The zero-order valence-corrected chi connectivity index (χ0v) is 12.5. The molecule has 0 fully saturated rings. The molecule has 2 rings (SSSR count). The van der Waals surface area contributed by atoms with E-state index in [4.69, 9.17) is 17.3 Å². The van der Waals surface area contributed by atoms with Gasteiger partial charge in [0.15, 0.2) is 0 Å². The van der Waals surface area contributed by atoms with Crippen LogP contribution in [0.5, 0.6) is 0 Å². The molecule has 1 atom stereocenters. The van der Waals surface area contributed by atoms with E-state index in [1.165, 1.54) is 0 Å². The third kappa shape index (κ3) is 2.94. The van der Waals surface area contributed by atoms with Crippen LogP contribution in [0.1, 0.15) is 26.3 Å². The predicted octanol–water partition coefficient (Wildman–Crippen LogP) is 2.15. The van der Waals surface area contributed by atoms with Gasteiger partial charge in [0.25, 0.3) is 0 Å². The van der Waals surface area contributed by atoms with Gasteiger partial charge >= 0.3 is 0 Å². The molecule has 1 aliphatic heterocycles. The van der Waals surface area contributed by atoms with Crippen molar-refractivity contribution in [2.75, 3.05) is 10.6 Å². The van der Waals surface area contributed by atoms with Gasteiger partial charge in [0.2, 0.25) is 11.8 Å². The molecule has 0 saturated carbocycles. The Morgan fingerprint density at radius 3 is 2.70 bits per heavy atom. The van der Waals surface area contributed by atoms with Crippen molar-refractivity contribution >= 4 is 34.8 Å². The van der Waals surface area contributed by atoms with E-state index in [-0.39, 0.29) is 17.2 Å². The fourth-order valence-corrected chi connectivity index (χ4v) is 2.16. The molecule has 6 heteroatoms. The standard InChI is InChI=1S/C14H18ClN3O2/c1-14(2,3)12(16)13(20)18-10-4-7-5-11(19)17-9(7)6-8(10)15/h4,6,12H,5,16H2,1-3H3,(H,17,19)(H,18,20). The Bertz CT molecular complexity index is 579. The van der Waals surface area contributed by atoms with Crippen LogP contribution in [0.25, 0.3) is 0 Å². The molecule has 4 N–H and O–H groups in total. The lowest BCUT2D eigenvalue weighted by molar-refractivity contribution is -0.119. The number of fused-ring (bicyclic) bond motifs is 1. The number of hydrogen-bond acceptors (Lipinski definition) is 3. The van der Waals surface area contributed by atoms with Gasteiger partial charge in [0.1, 0.15) is 0 Å². The second-order valence-electron chi connectivity index (χ2n) is 6.05. The molecule has 108 valence electrons. The zero-order valence-electron chi connectivity index (χ0n) is 11.7. The smallest absolute Gasteiger partial charge is 0.241 e. The molecule has 1 unspecified atom stereocenters. The highest BCUT2D eigenvalue weighted by Gasteiger charge is 2.28. The van der Waals surface area contributed by atoms with E-state index in [0.717, 1.165) is 5.56 Å². The van der Waals surface area contributed by atoms with E-state index in [2.05, 4.69) is 10.6 Å². The summed E-state index contributed by atoms with van der Waals surface area (Å²) >= 11 is 6.11. The maximum absolute atomic E-state index is 12.1. The summed E-state index contributed by atoms with van der Waals surface area (Å²) in [6, 6.07) is 2.70. The van der Waals surface area contributed by atoms with Crippen LogP contribution >= 0.6 is 11.6 Å². The summed E-state index contributed by atoms with van der Waals surface area (Å²) in [5.74, 6) is -0.373. The van der Waals surface area contributed by atoms with Gasteiger partial charge in [0.05, 0.1) is 23.2 Å². The quantitative estimate of drug-likeness (QED) is 0.781. The Hall–Kier alpha value is -1.59. The summed E-state index contributed by atoms with van der Waals surface area (Å²) < 4.78 is 0. The zero-order chi connectivity index (χ0) is 15.1. The van der Waals surface area contributed by atoms with Crippen molar-refractivity contribution < 1.29 is 9.59 Å². The van der Waals surface area contributed by atoms with Crippen molar-refractivity contribution in [2.24, 2.45) is 11.1 Å². The lowest BCUT2D eigenvalue weighted by Gasteiger charge is -2.26. The fraction of sp³-hybridized carbons (Fsp3) is 0.429. The molecule has 0 aromatic heterocycles. The van der Waals surface area contributed by atoms with E-state index >= 15 is 0 Å². The van der Waals surface area contributed by atoms with E-state index < -0.39 is 6.04 Å². The topological polar surface area (TPSA) is 84.2 Å². The summed E-state index contributed by atoms with van der Waals surface area (Å²) in [5.41, 5.74) is 7.55. The minimum Gasteiger partial charge on any atom is -0.325 e. The fourth-order valence-electron chi connectivity index (χ4n) is 1.95. The molecule has 0 aliphatic carbocycles. The second kappa shape index (κ2) is 5.07. The molecule has 0 spiro atoms. The van der Waals surface area contributed by atoms with Gasteiger partial charge < -0.3 is 16.4 Å². The van der Waals surface area contributed by atoms with Gasteiger partial charge in [-0.15, -0.1) is 0 Å². The molecule has 1 aromatic rings. The van der Waals surface area contributed by atoms with Crippen molar-refractivity contribution in [1.82, 2.24) is 0 Å². The number of carbonyl (C=O) groups excluding carboxylic acids is 2. The van der Waals surface area contributed by atoms with Crippen molar-refractivity contribution in [1.29, 1.82) is 0 Å². The van der Waals surface area contributed by atoms with Crippen molar-refractivity contribution in [3.05, 3.63) is 22.7 Å². The molecule has 0 radical (unpaired) electrons. The highest BCUT2D eigenvalue weighted by atomic mass is 35.5. The van der Waals surface area contributed by atoms with Crippen molar-refractivity contribution in [2.45, 2.75) is 33.2 Å². The van der Waals surface area contributed by atoms with Gasteiger partial charge in [-0.05, 0) is 23.1 Å². The van der Waals surface area contributed by atoms with Crippen LogP contribution in [-0.4, -0.2) is 17.9 Å². The summed E-state index contributed by atoms with van der Waals surface area (Å²) in [4.78, 5) is 23.4. The molecule has 2 amide bonds. The van der Waals surface area contributed by atoms with Crippen LogP contribution in [0.3, 0.4) is 0 Å². The monoisotopic (exact) mass is 295 g/mol. The first-order chi connectivity index (χ1) is 9.18. The second-order valence-corrected chi connectivity index (χ2v) is 6.45. The van der Waals surface area contributed by atoms with Gasteiger partial charge in [-0.3, -0.25) is 9.59 Å². The average Bonchev–Trinajstić information content (AvgIpc) is 2.66. The minimum absolute atomic E-state index is 0.0778. The third-order valence-electron chi connectivity index (χ3n) is 3.29. The first-order valence-corrected chi connectivity index (χ1v) is 6.75. The molecule has 0 saturated heterocycles. The van der Waals surface area contributed by atoms with Gasteiger partial charge in [-0.1, -0.05) is 32.4 Å². The number of hydrogen-bond donors (Lipinski definition) is 3. The first-order valence-electron chi connectivity index (χ1n) is 6.37. The summed E-state index contributed by atoms with van der Waals surface area (Å²) in [5, 5.41) is 5.81. The van der Waals surface area contributed by atoms with Crippen molar-refractivity contribution in [3.8, 4) is 0 Å². The van der Waals surface area contributed by atoms with E-state index in [0.29, 0.717) is 22.8 Å². The van der Waals surface area contributed by atoms with Crippen LogP contribution in [0, 0.1) is 5.41 Å². The largest absolute Gasteiger partial charge is 0.325 e. The lowest BCUT2D eigenvalue weighted by atomic mass is 9.87. The molecular weight excluding hydrogens is 278 g/mol. The lowest BCUT2D eigenvalue weighted by Crippen LogP contribution is -2.45. The van der Waals surface area contributed by atoms with Gasteiger partial charge in [-0.25, -0.2) is 0 Å². The van der Waals surface area contributed by atoms with Crippen LogP contribution in [-0.2, 0) is 16.0 Å². The number of halogens is 1. The van der Waals surface area contributed by atoms with Crippen LogP contribution < -0.4 is 16.4 Å². The Balaban J connectivity index is 2.21. The number of amides is 2. The maximum atomic E-state index is 12.1. The van der Waals surface area contributed by atoms with E-state index in [1.54, 1.807) is 12.1 Å². The van der Waals surface area contributed by atoms with Crippen LogP contribution in [0.2, 0.25) is 5.02 Å². The Morgan fingerprint density at radius 1 is 1.45 bits per heavy atom. The van der Waals surface area contributed by atoms with Crippen molar-refractivity contribution in [3.63, 3.8) is 0 Å². The molecule has 1 aromatic carbocycles. The third-order valence-corrected chi connectivity index (χ3v) is 3.60. The highest BCUT2D eigenvalue weighted by molar-refractivity contribution is 6.34. The molecule has 1 aliphatic rings.